The van der Waals surface area contributed by atoms with Crippen LogP contribution >= 0.6 is 15.9 Å². The molecule has 3 rings (SSSR count). The molecular weight excluding hydrogens is 328 g/mol. The Hall–Kier alpha value is -1.72. The maximum absolute atomic E-state index is 4.35. The van der Waals surface area contributed by atoms with Crippen LogP contribution < -0.4 is 5.32 Å². The van der Waals surface area contributed by atoms with E-state index >= 15 is 0 Å². The Bertz CT molecular complexity index is 794. The Labute approximate surface area is 132 Å². The molecule has 21 heavy (non-hydrogen) atoms. The van der Waals surface area contributed by atoms with Crippen molar-refractivity contribution in [2.45, 2.75) is 19.9 Å². The molecule has 0 aliphatic heterocycles. The summed E-state index contributed by atoms with van der Waals surface area (Å²) in [6.07, 6.45) is 0. The van der Waals surface area contributed by atoms with Gasteiger partial charge in [-0.1, -0.05) is 45.4 Å². The third-order valence-electron chi connectivity index (χ3n) is 3.85. The topological polar surface area (TPSA) is 42.7 Å². The lowest BCUT2D eigenvalue weighted by Gasteiger charge is -2.11. The minimum Gasteiger partial charge on any atom is -0.312 e. The standard InChI is InChI=1S/C16H17BrN4/c1-10(18-3)16-11(2)21(20-19-16)15-9-8-14(17)12-6-4-5-7-13(12)15/h4-10,18H,1-3H3. The number of aromatic nitrogens is 3. The van der Waals surface area contributed by atoms with Gasteiger partial charge < -0.3 is 5.32 Å². The molecule has 0 aliphatic rings. The van der Waals surface area contributed by atoms with E-state index in [0.29, 0.717) is 0 Å². The van der Waals surface area contributed by atoms with Crippen LogP contribution in [-0.4, -0.2) is 22.0 Å². The molecule has 0 saturated carbocycles. The monoisotopic (exact) mass is 344 g/mol. The van der Waals surface area contributed by atoms with Gasteiger partial charge in [0.15, 0.2) is 0 Å². The van der Waals surface area contributed by atoms with Gasteiger partial charge in [0.25, 0.3) is 0 Å². The molecule has 0 fully saturated rings. The zero-order valence-electron chi connectivity index (χ0n) is 12.3. The first kappa shape index (κ1) is 14.2. The zero-order valence-corrected chi connectivity index (χ0v) is 13.8. The van der Waals surface area contributed by atoms with Crippen molar-refractivity contribution in [2.24, 2.45) is 0 Å². The SMILES string of the molecule is CNC(C)c1nnn(-c2ccc(Br)c3ccccc23)c1C. The van der Waals surface area contributed by atoms with Crippen LogP contribution in [-0.2, 0) is 0 Å². The number of benzene rings is 2. The van der Waals surface area contributed by atoms with Gasteiger partial charge in [0.2, 0.25) is 0 Å². The van der Waals surface area contributed by atoms with E-state index in [9.17, 15) is 0 Å². The number of fused-ring (bicyclic) bond motifs is 1. The fraction of sp³-hybridized carbons (Fsp3) is 0.250. The van der Waals surface area contributed by atoms with E-state index in [4.69, 9.17) is 0 Å². The third-order valence-corrected chi connectivity index (χ3v) is 4.54. The maximum atomic E-state index is 4.35. The second-order valence-corrected chi connectivity index (χ2v) is 5.95. The van der Waals surface area contributed by atoms with E-state index in [1.807, 2.05) is 23.9 Å². The summed E-state index contributed by atoms with van der Waals surface area (Å²) in [6, 6.07) is 12.6. The Morgan fingerprint density at radius 2 is 1.86 bits per heavy atom. The molecule has 0 radical (unpaired) electrons. The highest BCUT2D eigenvalue weighted by Crippen LogP contribution is 2.30. The van der Waals surface area contributed by atoms with E-state index in [-0.39, 0.29) is 6.04 Å². The number of nitrogens with one attached hydrogen (secondary N) is 1. The summed E-state index contributed by atoms with van der Waals surface area (Å²) in [5.41, 5.74) is 3.09. The molecule has 1 atom stereocenters. The Balaban J connectivity index is 2.22. The van der Waals surface area contributed by atoms with Crippen molar-refractivity contribution in [1.29, 1.82) is 0 Å². The summed E-state index contributed by atoms with van der Waals surface area (Å²) < 4.78 is 3.00. The first-order chi connectivity index (χ1) is 10.1. The summed E-state index contributed by atoms with van der Waals surface area (Å²) in [5, 5.41) is 14.2. The molecule has 0 saturated heterocycles. The Morgan fingerprint density at radius 1 is 1.14 bits per heavy atom. The molecule has 1 heterocycles. The highest BCUT2D eigenvalue weighted by molar-refractivity contribution is 9.10. The highest BCUT2D eigenvalue weighted by atomic mass is 79.9. The molecule has 1 aromatic heterocycles. The van der Waals surface area contributed by atoms with E-state index < -0.39 is 0 Å². The average Bonchev–Trinajstić information content (AvgIpc) is 2.89. The fourth-order valence-corrected chi connectivity index (χ4v) is 3.02. The van der Waals surface area contributed by atoms with Crippen molar-refractivity contribution in [3.63, 3.8) is 0 Å². The number of hydrogen-bond acceptors (Lipinski definition) is 3. The zero-order chi connectivity index (χ0) is 15.0. The summed E-state index contributed by atoms with van der Waals surface area (Å²) >= 11 is 3.61. The van der Waals surface area contributed by atoms with Crippen LogP contribution in [0.1, 0.15) is 24.4 Å². The van der Waals surface area contributed by atoms with Gasteiger partial charge in [-0.3, -0.25) is 0 Å². The molecule has 0 spiro atoms. The summed E-state index contributed by atoms with van der Waals surface area (Å²) in [6.45, 7) is 4.14. The van der Waals surface area contributed by atoms with E-state index in [2.05, 4.69) is 69.7 Å². The average molecular weight is 345 g/mol. The largest absolute Gasteiger partial charge is 0.312 e. The fourth-order valence-electron chi connectivity index (χ4n) is 2.54. The van der Waals surface area contributed by atoms with Crippen LogP contribution in [0.2, 0.25) is 0 Å². The normalized spacial score (nSPS) is 12.8. The van der Waals surface area contributed by atoms with Crippen molar-refractivity contribution in [2.75, 3.05) is 7.05 Å². The van der Waals surface area contributed by atoms with Gasteiger partial charge in [-0.2, -0.15) is 0 Å². The van der Waals surface area contributed by atoms with E-state index in [1.165, 1.54) is 5.39 Å². The van der Waals surface area contributed by atoms with Gasteiger partial charge in [0, 0.05) is 9.86 Å². The first-order valence-corrected chi connectivity index (χ1v) is 7.70. The van der Waals surface area contributed by atoms with Crippen LogP contribution in [0.4, 0.5) is 0 Å². The van der Waals surface area contributed by atoms with Gasteiger partial charge in [-0.05, 0) is 38.4 Å². The quantitative estimate of drug-likeness (QED) is 0.786. The Kier molecular flexibility index (Phi) is 3.78. The van der Waals surface area contributed by atoms with Gasteiger partial charge in [-0.25, -0.2) is 4.68 Å². The van der Waals surface area contributed by atoms with Gasteiger partial charge >= 0.3 is 0 Å². The molecule has 1 unspecified atom stereocenters. The second-order valence-electron chi connectivity index (χ2n) is 5.09. The predicted molar refractivity (Wildman–Crippen MR) is 88.8 cm³/mol. The van der Waals surface area contributed by atoms with Crippen LogP contribution in [0.3, 0.4) is 0 Å². The van der Waals surface area contributed by atoms with Crippen LogP contribution in [0, 0.1) is 6.92 Å². The van der Waals surface area contributed by atoms with Gasteiger partial charge in [-0.15, -0.1) is 5.10 Å². The lowest BCUT2D eigenvalue weighted by atomic mass is 10.1. The molecule has 108 valence electrons. The second kappa shape index (κ2) is 5.58. The molecule has 4 nitrogen and oxygen atoms in total. The highest BCUT2D eigenvalue weighted by Gasteiger charge is 2.16. The smallest absolute Gasteiger partial charge is 0.103 e. The lowest BCUT2D eigenvalue weighted by Crippen LogP contribution is -2.14. The van der Waals surface area contributed by atoms with Crippen LogP contribution in [0.5, 0.6) is 0 Å². The van der Waals surface area contributed by atoms with Crippen LogP contribution in [0.15, 0.2) is 40.9 Å². The number of nitrogens with zero attached hydrogens (tertiary/aromatic N) is 3. The van der Waals surface area contributed by atoms with E-state index in [0.717, 1.165) is 26.9 Å². The Morgan fingerprint density at radius 3 is 2.57 bits per heavy atom. The minimum atomic E-state index is 0.181. The third kappa shape index (κ3) is 2.36. The molecule has 3 aromatic rings. The number of rotatable bonds is 3. The van der Waals surface area contributed by atoms with Crippen LogP contribution in [0.25, 0.3) is 16.5 Å². The van der Waals surface area contributed by atoms with Crippen molar-refractivity contribution < 1.29 is 0 Å². The summed E-state index contributed by atoms with van der Waals surface area (Å²) in [4.78, 5) is 0. The number of halogens is 1. The predicted octanol–water partition coefficient (Wildman–Crippen LogP) is 3.77. The van der Waals surface area contributed by atoms with Crippen molar-refractivity contribution in [3.8, 4) is 5.69 Å². The molecule has 2 aromatic carbocycles. The van der Waals surface area contributed by atoms with Gasteiger partial charge in [0.05, 0.1) is 17.4 Å². The molecule has 5 heteroatoms. The lowest BCUT2D eigenvalue weighted by molar-refractivity contribution is 0.627. The molecule has 0 bridgehead atoms. The molecular formula is C16H17BrN4. The van der Waals surface area contributed by atoms with Crippen molar-refractivity contribution >= 4 is 26.7 Å². The maximum Gasteiger partial charge on any atom is 0.103 e. The summed E-state index contributed by atoms with van der Waals surface area (Å²) in [7, 11) is 1.93. The minimum absolute atomic E-state index is 0.181. The van der Waals surface area contributed by atoms with Crippen molar-refractivity contribution in [1.82, 2.24) is 20.3 Å². The summed E-state index contributed by atoms with van der Waals surface area (Å²) in [5.74, 6) is 0. The van der Waals surface area contributed by atoms with Gasteiger partial charge in [0.1, 0.15) is 5.69 Å². The first-order valence-electron chi connectivity index (χ1n) is 6.90. The van der Waals surface area contributed by atoms with Crippen molar-refractivity contribution in [3.05, 3.63) is 52.3 Å². The molecule has 0 aliphatic carbocycles. The van der Waals surface area contributed by atoms with E-state index in [1.54, 1.807) is 0 Å². The number of hydrogen-bond donors (Lipinski definition) is 1. The molecule has 1 N–H and O–H groups in total. The molecule has 0 amide bonds.